The molecule has 0 bridgehead atoms. The molecule has 0 amide bonds. The summed E-state index contributed by atoms with van der Waals surface area (Å²) in [4.78, 5) is 2.45. The summed E-state index contributed by atoms with van der Waals surface area (Å²) in [6.45, 7) is 9.04. The fourth-order valence-electron chi connectivity index (χ4n) is 3.59. The predicted octanol–water partition coefficient (Wildman–Crippen LogP) is 2.26. The summed E-state index contributed by atoms with van der Waals surface area (Å²) in [6, 6.07) is 2.10. The molecule has 130 valence electrons. The van der Waals surface area contributed by atoms with Gasteiger partial charge in [-0.25, -0.2) is 0 Å². The van der Waals surface area contributed by atoms with E-state index in [1.165, 1.54) is 17.0 Å². The first-order valence-electron chi connectivity index (χ1n) is 9.14. The minimum Gasteiger partial charge on any atom is -0.386 e. The molecule has 0 aromatic carbocycles. The quantitative estimate of drug-likeness (QED) is 0.883. The Morgan fingerprint density at radius 2 is 2.17 bits per heavy atom. The number of rotatable bonds is 6. The molecular formula is C18H27N5O. The fourth-order valence-corrected chi connectivity index (χ4v) is 3.59. The van der Waals surface area contributed by atoms with Crippen LogP contribution in [0.15, 0.2) is 12.3 Å². The second-order valence-corrected chi connectivity index (χ2v) is 7.25. The standard InChI is InChI=1S/C18H27N5O/c1-3-6-22-13(2)15(10-19-22)11-21-7-8-23-16(12-21)9-17(20-23)18(24)14-4-5-14/h9-10,14,18,24H,3-8,11-12H2,1-2H3/t18-/m1/s1. The maximum Gasteiger partial charge on any atom is 0.101 e. The van der Waals surface area contributed by atoms with Crippen LogP contribution in [0.1, 0.15) is 54.9 Å². The molecule has 0 radical (unpaired) electrons. The van der Waals surface area contributed by atoms with Gasteiger partial charge in [-0.15, -0.1) is 0 Å². The molecule has 1 N–H and O–H groups in total. The highest BCUT2D eigenvalue weighted by Crippen LogP contribution is 2.40. The van der Waals surface area contributed by atoms with Crippen molar-refractivity contribution < 1.29 is 5.11 Å². The van der Waals surface area contributed by atoms with Gasteiger partial charge in [0.25, 0.3) is 0 Å². The average Bonchev–Trinajstić information content (AvgIpc) is 3.26. The van der Waals surface area contributed by atoms with Crippen LogP contribution >= 0.6 is 0 Å². The first-order valence-corrected chi connectivity index (χ1v) is 9.14. The number of nitrogens with zero attached hydrogens (tertiary/aromatic N) is 5. The van der Waals surface area contributed by atoms with E-state index < -0.39 is 0 Å². The normalized spacial score (nSPS) is 19.5. The third-order valence-electron chi connectivity index (χ3n) is 5.30. The molecule has 24 heavy (non-hydrogen) atoms. The summed E-state index contributed by atoms with van der Waals surface area (Å²) in [5.74, 6) is 0.435. The van der Waals surface area contributed by atoms with E-state index in [0.717, 1.165) is 57.7 Å². The van der Waals surface area contributed by atoms with Crippen LogP contribution in [0.4, 0.5) is 0 Å². The van der Waals surface area contributed by atoms with E-state index >= 15 is 0 Å². The van der Waals surface area contributed by atoms with Gasteiger partial charge in [-0.2, -0.15) is 10.2 Å². The molecule has 0 unspecified atom stereocenters. The summed E-state index contributed by atoms with van der Waals surface area (Å²) in [5.41, 5.74) is 4.67. The van der Waals surface area contributed by atoms with Gasteiger partial charge in [-0.1, -0.05) is 6.92 Å². The van der Waals surface area contributed by atoms with Crippen molar-refractivity contribution in [3.8, 4) is 0 Å². The van der Waals surface area contributed by atoms with Gasteiger partial charge in [-0.3, -0.25) is 14.3 Å². The van der Waals surface area contributed by atoms with Gasteiger partial charge in [0, 0.05) is 37.4 Å². The number of aliphatic hydroxyl groups is 1. The van der Waals surface area contributed by atoms with Crippen LogP contribution in [-0.4, -0.2) is 36.1 Å². The van der Waals surface area contributed by atoms with Crippen molar-refractivity contribution in [1.82, 2.24) is 24.5 Å². The van der Waals surface area contributed by atoms with Crippen molar-refractivity contribution in [1.29, 1.82) is 0 Å². The molecule has 6 heteroatoms. The van der Waals surface area contributed by atoms with Crippen molar-refractivity contribution in [2.75, 3.05) is 6.54 Å². The molecule has 1 aliphatic carbocycles. The maximum absolute atomic E-state index is 10.3. The van der Waals surface area contributed by atoms with E-state index in [-0.39, 0.29) is 6.10 Å². The Morgan fingerprint density at radius 3 is 2.92 bits per heavy atom. The van der Waals surface area contributed by atoms with E-state index in [4.69, 9.17) is 0 Å². The highest BCUT2D eigenvalue weighted by atomic mass is 16.3. The SMILES string of the molecule is CCCn1ncc(CN2CCn3nc([C@H](O)C4CC4)cc3C2)c1C. The summed E-state index contributed by atoms with van der Waals surface area (Å²) >= 11 is 0. The van der Waals surface area contributed by atoms with Crippen LogP contribution in [0.3, 0.4) is 0 Å². The van der Waals surface area contributed by atoms with Crippen LogP contribution in [0.25, 0.3) is 0 Å². The lowest BCUT2D eigenvalue weighted by Crippen LogP contribution is -2.33. The van der Waals surface area contributed by atoms with Gasteiger partial charge >= 0.3 is 0 Å². The van der Waals surface area contributed by atoms with Gasteiger partial charge in [0.2, 0.25) is 0 Å². The second-order valence-electron chi connectivity index (χ2n) is 7.25. The molecule has 2 aromatic heterocycles. The Balaban J connectivity index is 1.44. The smallest absolute Gasteiger partial charge is 0.101 e. The predicted molar refractivity (Wildman–Crippen MR) is 91.3 cm³/mol. The van der Waals surface area contributed by atoms with Gasteiger partial charge in [0.05, 0.1) is 24.1 Å². The van der Waals surface area contributed by atoms with Crippen LogP contribution in [-0.2, 0) is 26.2 Å². The average molecular weight is 329 g/mol. The number of hydrogen-bond acceptors (Lipinski definition) is 4. The van der Waals surface area contributed by atoms with Crippen molar-refractivity contribution in [3.63, 3.8) is 0 Å². The molecule has 0 saturated heterocycles. The number of aromatic nitrogens is 4. The molecule has 2 aromatic rings. The maximum atomic E-state index is 10.3. The Morgan fingerprint density at radius 1 is 1.33 bits per heavy atom. The van der Waals surface area contributed by atoms with Crippen LogP contribution in [0.5, 0.6) is 0 Å². The van der Waals surface area contributed by atoms with Crippen molar-refractivity contribution in [3.05, 3.63) is 34.9 Å². The lowest BCUT2D eigenvalue weighted by atomic mass is 10.1. The zero-order valence-electron chi connectivity index (χ0n) is 14.6. The third kappa shape index (κ3) is 3.00. The summed E-state index contributed by atoms with van der Waals surface area (Å²) < 4.78 is 4.18. The summed E-state index contributed by atoms with van der Waals surface area (Å²) in [7, 11) is 0. The number of fused-ring (bicyclic) bond motifs is 1. The van der Waals surface area contributed by atoms with Gasteiger partial charge < -0.3 is 5.11 Å². The van der Waals surface area contributed by atoms with E-state index in [9.17, 15) is 5.11 Å². The van der Waals surface area contributed by atoms with E-state index in [1.807, 2.05) is 6.20 Å². The van der Waals surface area contributed by atoms with E-state index in [1.54, 1.807) is 0 Å². The zero-order chi connectivity index (χ0) is 16.7. The lowest BCUT2D eigenvalue weighted by Gasteiger charge is -2.27. The van der Waals surface area contributed by atoms with Crippen LogP contribution in [0.2, 0.25) is 0 Å². The molecule has 4 rings (SSSR count). The molecule has 1 aliphatic heterocycles. The largest absolute Gasteiger partial charge is 0.386 e. The molecule has 1 fully saturated rings. The Labute approximate surface area is 143 Å². The minimum absolute atomic E-state index is 0.369. The van der Waals surface area contributed by atoms with Crippen molar-refractivity contribution >= 4 is 0 Å². The molecule has 2 aliphatic rings. The first kappa shape index (κ1) is 15.8. The first-order chi connectivity index (χ1) is 11.7. The van der Waals surface area contributed by atoms with Crippen LogP contribution in [0, 0.1) is 12.8 Å². The number of hydrogen-bond donors (Lipinski definition) is 1. The zero-order valence-corrected chi connectivity index (χ0v) is 14.6. The van der Waals surface area contributed by atoms with Gasteiger partial charge in [-0.05, 0) is 38.2 Å². The van der Waals surface area contributed by atoms with E-state index in [0.29, 0.717) is 5.92 Å². The third-order valence-corrected chi connectivity index (χ3v) is 5.30. The van der Waals surface area contributed by atoms with Crippen LogP contribution < -0.4 is 0 Å². The van der Waals surface area contributed by atoms with Gasteiger partial charge in [0.15, 0.2) is 0 Å². The minimum atomic E-state index is -0.369. The summed E-state index contributed by atoms with van der Waals surface area (Å²) in [6.07, 6.45) is 5.02. The molecular weight excluding hydrogens is 302 g/mol. The highest BCUT2D eigenvalue weighted by molar-refractivity contribution is 5.18. The summed E-state index contributed by atoms with van der Waals surface area (Å²) in [5, 5.41) is 19.4. The fraction of sp³-hybridized carbons (Fsp3) is 0.667. The Bertz CT molecular complexity index is 715. The van der Waals surface area contributed by atoms with Gasteiger partial charge in [0.1, 0.15) is 6.10 Å². The van der Waals surface area contributed by atoms with E-state index in [2.05, 4.69) is 44.4 Å². The Hall–Kier alpha value is -1.66. The number of aryl methyl sites for hydroxylation is 1. The lowest BCUT2D eigenvalue weighted by molar-refractivity contribution is 0.147. The second kappa shape index (κ2) is 6.33. The van der Waals surface area contributed by atoms with Crippen molar-refractivity contribution in [2.24, 2.45) is 5.92 Å². The molecule has 1 atom stereocenters. The molecule has 1 saturated carbocycles. The van der Waals surface area contributed by atoms with Crippen molar-refractivity contribution in [2.45, 2.75) is 65.4 Å². The molecule has 6 nitrogen and oxygen atoms in total. The molecule has 3 heterocycles. The Kier molecular flexibility index (Phi) is 4.18. The number of aliphatic hydroxyl groups excluding tert-OH is 1. The highest BCUT2D eigenvalue weighted by Gasteiger charge is 2.33. The molecule has 0 spiro atoms. The monoisotopic (exact) mass is 329 g/mol. The topological polar surface area (TPSA) is 59.1 Å².